The molecule has 1 amide bonds. The molecule has 2 fully saturated rings. The molecule has 1 aromatic rings. The predicted molar refractivity (Wildman–Crippen MR) is 133 cm³/mol. The molecule has 0 bridgehead atoms. The highest BCUT2D eigenvalue weighted by Gasteiger charge is 2.56. The third kappa shape index (κ3) is 3.81. The zero-order valence-electron chi connectivity index (χ0n) is 20.6. The summed E-state index contributed by atoms with van der Waals surface area (Å²) >= 11 is 0. The van der Waals surface area contributed by atoms with E-state index in [9.17, 15) is 4.79 Å². The second-order valence-corrected chi connectivity index (χ2v) is 11.1. The lowest BCUT2D eigenvalue weighted by Crippen LogP contribution is -2.52. The molecule has 2 saturated carbocycles. The van der Waals surface area contributed by atoms with Crippen molar-refractivity contribution in [2.24, 2.45) is 34.3 Å². The molecule has 4 aliphatic carbocycles. The van der Waals surface area contributed by atoms with E-state index in [-0.39, 0.29) is 22.8 Å². The van der Waals surface area contributed by atoms with Gasteiger partial charge in [0, 0.05) is 35.1 Å². The number of nitrogens with one attached hydrogen (secondary N) is 2. The van der Waals surface area contributed by atoms with E-state index in [0.717, 1.165) is 38.0 Å². The van der Waals surface area contributed by atoms with Crippen molar-refractivity contribution in [1.82, 2.24) is 15.6 Å². The van der Waals surface area contributed by atoms with Gasteiger partial charge in [-0.3, -0.25) is 9.78 Å². The monoisotopic (exact) mass is 462 g/mol. The number of pyridine rings is 1. The highest BCUT2D eigenvalue weighted by molar-refractivity contribution is 5.94. The van der Waals surface area contributed by atoms with Crippen molar-refractivity contribution in [3.63, 3.8) is 0 Å². The van der Waals surface area contributed by atoms with Crippen LogP contribution in [0.1, 0.15) is 69.2 Å². The maximum absolute atomic E-state index is 12.7. The van der Waals surface area contributed by atoms with Gasteiger partial charge in [0.15, 0.2) is 5.88 Å². The molecule has 0 radical (unpaired) electrons. The smallest absolute Gasteiger partial charge is 0.251 e. The largest absolute Gasteiger partial charge is 0.482 e. The van der Waals surface area contributed by atoms with Crippen LogP contribution in [0.25, 0.3) is 0 Å². The van der Waals surface area contributed by atoms with Gasteiger partial charge in [0.05, 0.1) is 13.3 Å². The van der Waals surface area contributed by atoms with Gasteiger partial charge >= 0.3 is 0 Å². The van der Waals surface area contributed by atoms with E-state index >= 15 is 0 Å². The second kappa shape index (κ2) is 8.79. The van der Waals surface area contributed by atoms with Gasteiger partial charge in [-0.25, -0.2) is 0 Å². The quantitative estimate of drug-likeness (QED) is 0.439. The van der Waals surface area contributed by atoms with Crippen molar-refractivity contribution in [3.8, 4) is 0 Å². The Hall–Kier alpha value is -2.76. The van der Waals surface area contributed by atoms with Crippen molar-refractivity contribution in [2.75, 3.05) is 7.11 Å². The Morgan fingerprint density at radius 2 is 1.88 bits per heavy atom. The van der Waals surface area contributed by atoms with Gasteiger partial charge in [-0.2, -0.15) is 0 Å². The summed E-state index contributed by atoms with van der Waals surface area (Å²) in [4.78, 5) is 16.7. The van der Waals surface area contributed by atoms with Gasteiger partial charge in [0.25, 0.3) is 5.91 Å². The fraction of sp³-hybridized carbons (Fsp3) is 0.571. The summed E-state index contributed by atoms with van der Waals surface area (Å²) in [5, 5.41) is 6.74. The minimum Gasteiger partial charge on any atom is -0.482 e. The average molecular weight is 463 g/mol. The van der Waals surface area contributed by atoms with Crippen LogP contribution in [0, 0.1) is 28.6 Å². The molecule has 5 rings (SSSR count). The summed E-state index contributed by atoms with van der Waals surface area (Å²) in [6, 6.07) is 3.78. The lowest BCUT2D eigenvalue weighted by molar-refractivity contribution is -0.0203. The minimum absolute atomic E-state index is 0.0129. The van der Waals surface area contributed by atoms with E-state index in [4.69, 9.17) is 10.5 Å². The summed E-state index contributed by atoms with van der Waals surface area (Å²) in [7, 11) is 1.60. The second-order valence-electron chi connectivity index (χ2n) is 11.1. The van der Waals surface area contributed by atoms with Crippen LogP contribution in [0.5, 0.6) is 0 Å². The lowest BCUT2D eigenvalue weighted by atomic mass is 9.47. The first kappa shape index (κ1) is 23.0. The Labute approximate surface area is 203 Å². The van der Waals surface area contributed by atoms with Gasteiger partial charge in [-0.15, -0.1) is 0 Å². The third-order valence-electron chi connectivity index (χ3n) is 9.57. The number of allylic oxidation sites excluding steroid dienone is 3. The van der Waals surface area contributed by atoms with Crippen LogP contribution in [0.2, 0.25) is 0 Å². The fourth-order valence-electron chi connectivity index (χ4n) is 7.56. The summed E-state index contributed by atoms with van der Waals surface area (Å²) in [6.07, 6.45) is 18.0. The number of nitrogens with zero attached hydrogens (tertiary/aromatic N) is 1. The lowest BCUT2D eigenvalue weighted by Gasteiger charge is -2.57. The molecule has 3 unspecified atom stereocenters. The number of ether oxygens (including phenoxy) is 1. The first-order valence-electron chi connectivity index (χ1n) is 12.7. The number of carbonyl (C=O) groups is 1. The van der Waals surface area contributed by atoms with Gasteiger partial charge in [0.2, 0.25) is 0 Å². The van der Waals surface area contributed by atoms with Crippen LogP contribution in [0.3, 0.4) is 0 Å². The number of rotatable bonds is 5. The molecule has 182 valence electrons. The number of aromatic nitrogens is 1. The number of methoxy groups -OCH3 is 1. The first-order valence-corrected chi connectivity index (χ1v) is 12.7. The standard InChI is InChI=1S/C28H38N4O2/c1-27-12-8-20(32-26(33)18-10-14-30-15-11-18)16-19(27)4-5-21-22-6-7-24(31-17-25(29)34-3)28(22,2)13-9-23(21)27/h4,7,10-11,14-15,17,20-23,31H,5-6,8-9,12-13,16,29H2,1-3H3,(H,32,33)/b25-17+/t20-,21?,22?,23?,27-,28-/m0/s1. The SMILES string of the molecule is CO/C(N)=C/NC1=CCC2C3CC=C4C[C@@H](NC(=O)c5ccncc5)CC[C@]4(C)C3CC[C@]12C. The molecule has 6 heteroatoms. The normalized spacial score (nSPS) is 36.9. The molecule has 0 aromatic carbocycles. The van der Waals surface area contributed by atoms with Crippen LogP contribution in [0.4, 0.5) is 0 Å². The first-order chi connectivity index (χ1) is 16.3. The highest BCUT2D eigenvalue weighted by atomic mass is 16.5. The van der Waals surface area contributed by atoms with Crippen LogP contribution in [-0.4, -0.2) is 24.0 Å². The zero-order valence-corrected chi connectivity index (χ0v) is 20.6. The summed E-state index contributed by atoms with van der Waals surface area (Å²) in [5.74, 6) is 2.50. The minimum atomic E-state index is 0.0129. The zero-order chi connectivity index (χ0) is 23.9. The molecule has 6 nitrogen and oxygen atoms in total. The average Bonchev–Trinajstić information content (AvgIpc) is 3.19. The van der Waals surface area contributed by atoms with Crippen molar-refractivity contribution in [1.29, 1.82) is 0 Å². The van der Waals surface area contributed by atoms with E-state index in [0.29, 0.717) is 23.3 Å². The molecular weight excluding hydrogens is 424 g/mol. The van der Waals surface area contributed by atoms with E-state index in [1.807, 2.05) is 0 Å². The Morgan fingerprint density at radius 1 is 1.12 bits per heavy atom. The Morgan fingerprint density at radius 3 is 2.65 bits per heavy atom. The van der Waals surface area contributed by atoms with E-state index < -0.39 is 0 Å². The molecule has 0 spiro atoms. The summed E-state index contributed by atoms with van der Waals surface area (Å²) < 4.78 is 5.11. The molecule has 34 heavy (non-hydrogen) atoms. The van der Waals surface area contributed by atoms with Crippen LogP contribution in [0.15, 0.2) is 60.0 Å². The van der Waals surface area contributed by atoms with Gasteiger partial charge in [-0.05, 0) is 80.2 Å². The number of hydrogen-bond donors (Lipinski definition) is 3. The van der Waals surface area contributed by atoms with E-state index in [1.165, 1.54) is 18.5 Å². The number of carbonyl (C=O) groups excluding carboxylic acids is 1. The number of fused-ring (bicyclic) bond motifs is 5. The fourth-order valence-corrected chi connectivity index (χ4v) is 7.56. The van der Waals surface area contributed by atoms with Crippen molar-refractivity contribution < 1.29 is 9.53 Å². The van der Waals surface area contributed by atoms with Crippen molar-refractivity contribution >= 4 is 5.91 Å². The van der Waals surface area contributed by atoms with Crippen molar-refractivity contribution in [2.45, 2.75) is 64.8 Å². The topological polar surface area (TPSA) is 89.3 Å². The molecule has 1 aromatic heterocycles. The maximum Gasteiger partial charge on any atom is 0.251 e. The number of hydrogen-bond acceptors (Lipinski definition) is 5. The molecule has 4 N–H and O–H groups in total. The molecule has 1 heterocycles. The van der Waals surface area contributed by atoms with Crippen LogP contribution >= 0.6 is 0 Å². The van der Waals surface area contributed by atoms with E-state index in [2.05, 4.69) is 41.6 Å². The van der Waals surface area contributed by atoms with Gasteiger partial charge in [0.1, 0.15) is 0 Å². The highest BCUT2D eigenvalue weighted by Crippen LogP contribution is 2.64. The van der Waals surface area contributed by atoms with Crippen LogP contribution < -0.4 is 16.4 Å². The molecule has 0 saturated heterocycles. The van der Waals surface area contributed by atoms with Crippen LogP contribution in [-0.2, 0) is 4.74 Å². The Balaban J connectivity index is 1.29. The predicted octanol–water partition coefficient (Wildman–Crippen LogP) is 4.63. The molecule has 0 aliphatic heterocycles. The Bertz CT molecular complexity index is 1030. The molecule has 4 aliphatic rings. The van der Waals surface area contributed by atoms with Crippen molar-refractivity contribution in [3.05, 3.63) is 65.6 Å². The van der Waals surface area contributed by atoms with Gasteiger partial charge in [-0.1, -0.05) is 31.6 Å². The maximum atomic E-state index is 12.7. The third-order valence-corrected chi connectivity index (χ3v) is 9.57. The number of nitrogens with two attached hydrogens (primary N) is 1. The summed E-state index contributed by atoms with van der Waals surface area (Å²) in [6.45, 7) is 4.94. The molecular formula is C28H38N4O2. The molecule has 6 atom stereocenters. The Kier molecular flexibility index (Phi) is 5.95. The van der Waals surface area contributed by atoms with E-state index in [1.54, 1.807) is 43.4 Å². The number of amides is 1. The summed E-state index contributed by atoms with van der Waals surface area (Å²) in [5.41, 5.74) is 9.83. The van der Waals surface area contributed by atoms with Gasteiger partial charge < -0.3 is 21.1 Å².